The Morgan fingerprint density at radius 3 is 2.64 bits per heavy atom. The number of nitrogens with zero attached hydrogens (tertiary/aromatic N) is 1. The summed E-state index contributed by atoms with van der Waals surface area (Å²) < 4.78 is 1.15. The fourth-order valence-electron chi connectivity index (χ4n) is 1.17. The Morgan fingerprint density at radius 1 is 1.45 bits per heavy atom. The van der Waals surface area contributed by atoms with E-state index in [0.717, 1.165) is 11.0 Å². The van der Waals surface area contributed by atoms with E-state index in [1.165, 1.54) is 5.56 Å². The predicted molar refractivity (Wildman–Crippen MR) is 47.8 cm³/mol. The topological polar surface area (TPSA) is 29.0 Å². The van der Waals surface area contributed by atoms with Crippen molar-refractivity contribution in [2.24, 2.45) is 5.84 Å². The monoisotopic (exact) mass is 212 g/mol. The molecule has 0 spiro atoms. The summed E-state index contributed by atoms with van der Waals surface area (Å²) >= 11 is 3.48. The van der Waals surface area contributed by atoms with Crippen molar-refractivity contribution in [1.82, 2.24) is 5.01 Å². The van der Waals surface area contributed by atoms with Crippen molar-refractivity contribution in [2.45, 2.75) is 6.04 Å². The Bertz CT molecular complexity index is 275. The highest BCUT2D eigenvalue weighted by Crippen LogP contribution is 2.34. The SMILES string of the molecule is NN1CC1c1ccccc1Br. The molecule has 3 heteroatoms. The standard InChI is InChI=1S/C8H9BrN2/c9-7-4-2-1-3-6(7)8-5-11(8)10/h1-4,8H,5,10H2. The molecule has 2 rings (SSSR count). The van der Waals surface area contributed by atoms with E-state index in [0.29, 0.717) is 6.04 Å². The van der Waals surface area contributed by atoms with Gasteiger partial charge in [-0.1, -0.05) is 34.1 Å². The summed E-state index contributed by atoms with van der Waals surface area (Å²) in [6, 6.07) is 8.62. The lowest BCUT2D eigenvalue weighted by molar-refractivity contribution is 0.547. The third kappa shape index (κ3) is 1.31. The zero-order valence-corrected chi connectivity index (χ0v) is 7.58. The number of halogens is 1. The van der Waals surface area contributed by atoms with E-state index in [9.17, 15) is 0 Å². The maximum atomic E-state index is 5.58. The summed E-state index contributed by atoms with van der Waals surface area (Å²) in [5.41, 5.74) is 1.29. The Kier molecular flexibility index (Phi) is 1.71. The number of hydrogen-bond donors (Lipinski definition) is 1. The first kappa shape index (κ1) is 7.28. The van der Waals surface area contributed by atoms with Crippen molar-refractivity contribution < 1.29 is 0 Å². The van der Waals surface area contributed by atoms with Gasteiger partial charge in [-0.25, -0.2) is 5.01 Å². The van der Waals surface area contributed by atoms with Gasteiger partial charge in [0.25, 0.3) is 0 Å². The van der Waals surface area contributed by atoms with Crippen LogP contribution in [-0.2, 0) is 0 Å². The summed E-state index contributed by atoms with van der Waals surface area (Å²) in [6.45, 7) is 0.975. The van der Waals surface area contributed by atoms with Crippen molar-refractivity contribution in [1.29, 1.82) is 0 Å². The predicted octanol–water partition coefficient (Wildman–Crippen LogP) is 1.68. The molecule has 58 valence electrons. The van der Waals surface area contributed by atoms with E-state index in [-0.39, 0.29) is 0 Å². The molecule has 2 unspecified atom stereocenters. The van der Waals surface area contributed by atoms with E-state index in [1.54, 1.807) is 0 Å². The van der Waals surface area contributed by atoms with Gasteiger partial charge in [0.05, 0.1) is 6.04 Å². The van der Waals surface area contributed by atoms with Crippen LogP contribution >= 0.6 is 15.9 Å². The maximum Gasteiger partial charge on any atom is 0.0643 e. The van der Waals surface area contributed by atoms with Gasteiger partial charge in [-0.2, -0.15) is 0 Å². The highest BCUT2D eigenvalue weighted by molar-refractivity contribution is 9.10. The molecule has 1 aromatic carbocycles. The fraction of sp³-hybridized carbons (Fsp3) is 0.250. The minimum atomic E-state index is 0.436. The number of rotatable bonds is 1. The van der Waals surface area contributed by atoms with Crippen LogP contribution in [0.4, 0.5) is 0 Å². The van der Waals surface area contributed by atoms with Gasteiger partial charge >= 0.3 is 0 Å². The second-order valence-corrected chi connectivity index (χ2v) is 3.59. The van der Waals surface area contributed by atoms with Crippen LogP contribution in [-0.4, -0.2) is 11.6 Å². The average Bonchev–Trinajstić information content (AvgIpc) is 2.68. The molecule has 1 heterocycles. The third-order valence-electron chi connectivity index (χ3n) is 1.91. The van der Waals surface area contributed by atoms with Gasteiger partial charge in [0.1, 0.15) is 0 Å². The summed E-state index contributed by atoms with van der Waals surface area (Å²) in [4.78, 5) is 0. The molecule has 0 bridgehead atoms. The molecule has 2 N–H and O–H groups in total. The largest absolute Gasteiger partial charge is 0.268 e. The van der Waals surface area contributed by atoms with Gasteiger partial charge in [0, 0.05) is 11.0 Å². The number of hydrogen-bond acceptors (Lipinski definition) is 2. The van der Waals surface area contributed by atoms with Crippen molar-refractivity contribution in [3.8, 4) is 0 Å². The molecule has 2 atom stereocenters. The summed E-state index contributed by atoms with van der Waals surface area (Å²) in [5.74, 6) is 5.58. The van der Waals surface area contributed by atoms with Crippen LogP contribution in [0, 0.1) is 0 Å². The van der Waals surface area contributed by atoms with Crippen molar-refractivity contribution >= 4 is 15.9 Å². The van der Waals surface area contributed by atoms with Gasteiger partial charge in [-0.05, 0) is 11.6 Å². The maximum absolute atomic E-state index is 5.58. The molecule has 0 saturated carbocycles. The highest BCUT2D eigenvalue weighted by atomic mass is 79.9. The van der Waals surface area contributed by atoms with Crippen molar-refractivity contribution in [3.63, 3.8) is 0 Å². The molecule has 0 aromatic heterocycles. The van der Waals surface area contributed by atoms with Crippen LogP contribution in [0.15, 0.2) is 28.7 Å². The lowest BCUT2D eigenvalue weighted by atomic mass is 10.2. The van der Waals surface area contributed by atoms with Crippen LogP contribution in [0.25, 0.3) is 0 Å². The van der Waals surface area contributed by atoms with Gasteiger partial charge < -0.3 is 0 Å². The minimum absolute atomic E-state index is 0.436. The summed E-state index contributed by atoms with van der Waals surface area (Å²) in [7, 11) is 0. The number of benzene rings is 1. The van der Waals surface area contributed by atoms with Crippen molar-refractivity contribution in [2.75, 3.05) is 6.54 Å². The smallest absolute Gasteiger partial charge is 0.0643 e. The lowest BCUT2D eigenvalue weighted by Gasteiger charge is -2.00. The van der Waals surface area contributed by atoms with Gasteiger partial charge in [0.15, 0.2) is 0 Å². The zero-order chi connectivity index (χ0) is 7.84. The van der Waals surface area contributed by atoms with Crippen LogP contribution in [0.5, 0.6) is 0 Å². The van der Waals surface area contributed by atoms with Gasteiger partial charge in [-0.3, -0.25) is 5.84 Å². The highest BCUT2D eigenvalue weighted by Gasteiger charge is 2.33. The molecule has 0 aliphatic carbocycles. The van der Waals surface area contributed by atoms with Crippen LogP contribution in [0.1, 0.15) is 11.6 Å². The third-order valence-corrected chi connectivity index (χ3v) is 2.64. The Morgan fingerprint density at radius 2 is 2.09 bits per heavy atom. The molecule has 1 aromatic rings. The van der Waals surface area contributed by atoms with Crippen LogP contribution < -0.4 is 5.84 Å². The molecular formula is C8H9BrN2. The van der Waals surface area contributed by atoms with Crippen LogP contribution in [0.3, 0.4) is 0 Å². The molecule has 1 aliphatic heterocycles. The first-order chi connectivity index (χ1) is 5.29. The van der Waals surface area contributed by atoms with E-state index >= 15 is 0 Å². The Balaban J connectivity index is 2.31. The Labute approximate surface area is 74.1 Å². The molecular weight excluding hydrogens is 204 g/mol. The lowest BCUT2D eigenvalue weighted by Crippen LogP contribution is -2.06. The average molecular weight is 213 g/mol. The molecule has 0 radical (unpaired) electrons. The van der Waals surface area contributed by atoms with Gasteiger partial charge in [-0.15, -0.1) is 0 Å². The normalized spacial score (nSPS) is 28.5. The zero-order valence-electron chi connectivity index (χ0n) is 6.00. The number of hydrazine groups is 1. The van der Waals surface area contributed by atoms with Gasteiger partial charge in [0.2, 0.25) is 0 Å². The minimum Gasteiger partial charge on any atom is -0.268 e. The fourth-order valence-corrected chi connectivity index (χ4v) is 1.72. The molecule has 1 saturated heterocycles. The molecule has 2 nitrogen and oxygen atoms in total. The van der Waals surface area contributed by atoms with Crippen molar-refractivity contribution in [3.05, 3.63) is 34.3 Å². The number of nitrogens with two attached hydrogens (primary N) is 1. The molecule has 11 heavy (non-hydrogen) atoms. The summed E-state index contributed by atoms with van der Waals surface area (Å²) in [6.07, 6.45) is 0. The molecule has 0 amide bonds. The summed E-state index contributed by atoms with van der Waals surface area (Å²) in [5, 5.41) is 1.82. The van der Waals surface area contributed by atoms with Crippen LogP contribution in [0.2, 0.25) is 0 Å². The Hall–Kier alpha value is -0.380. The first-order valence-electron chi connectivity index (χ1n) is 3.55. The second kappa shape index (κ2) is 2.59. The van der Waals surface area contributed by atoms with E-state index in [4.69, 9.17) is 5.84 Å². The molecule has 1 aliphatic rings. The van der Waals surface area contributed by atoms with E-state index in [2.05, 4.69) is 22.0 Å². The quantitative estimate of drug-likeness (QED) is 0.568. The van der Waals surface area contributed by atoms with E-state index in [1.807, 2.05) is 23.2 Å². The first-order valence-corrected chi connectivity index (χ1v) is 4.34. The van der Waals surface area contributed by atoms with E-state index < -0.39 is 0 Å². The molecule has 1 fully saturated rings. The second-order valence-electron chi connectivity index (χ2n) is 2.73.